The molecule has 0 saturated carbocycles. The van der Waals surface area contributed by atoms with Crippen LogP contribution in [0.25, 0.3) is 0 Å². The highest BCUT2D eigenvalue weighted by Gasteiger charge is 2.36. The van der Waals surface area contributed by atoms with E-state index in [4.69, 9.17) is 11.6 Å². The van der Waals surface area contributed by atoms with E-state index in [1.807, 2.05) is 0 Å². The van der Waals surface area contributed by atoms with E-state index in [9.17, 15) is 22.8 Å². The molecule has 2 saturated heterocycles. The Bertz CT molecular complexity index is 991. The molecular formula is C23H22ClF3N2O2S. The topological polar surface area (TPSA) is 40.6 Å². The molecule has 170 valence electrons. The lowest BCUT2D eigenvalue weighted by atomic mass is 9.95. The molecule has 0 radical (unpaired) electrons. The number of rotatable bonds is 4. The van der Waals surface area contributed by atoms with Gasteiger partial charge in [0.05, 0.1) is 21.9 Å². The van der Waals surface area contributed by atoms with Gasteiger partial charge in [0.1, 0.15) is 5.37 Å². The Balaban J connectivity index is 1.38. The summed E-state index contributed by atoms with van der Waals surface area (Å²) in [5.41, 5.74) is 0.485. The number of likely N-dealkylation sites (tertiary alicyclic amines) is 1. The van der Waals surface area contributed by atoms with Crippen molar-refractivity contribution in [3.05, 3.63) is 70.2 Å². The Morgan fingerprint density at radius 3 is 2.34 bits per heavy atom. The molecule has 1 unspecified atom stereocenters. The first-order valence-electron chi connectivity index (χ1n) is 10.4. The second-order valence-electron chi connectivity index (χ2n) is 8.04. The smallest absolute Gasteiger partial charge is 0.339 e. The lowest BCUT2D eigenvalue weighted by Crippen LogP contribution is -2.42. The zero-order valence-corrected chi connectivity index (χ0v) is 18.7. The molecule has 9 heteroatoms. The van der Waals surface area contributed by atoms with Crippen LogP contribution in [0, 0.1) is 5.92 Å². The summed E-state index contributed by atoms with van der Waals surface area (Å²) >= 11 is 7.58. The van der Waals surface area contributed by atoms with E-state index in [0.717, 1.165) is 25.0 Å². The minimum absolute atomic E-state index is 0.00512. The molecule has 2 amide bonds. The summed E-state index contributed by atoms with van der Waals surface area (Å²) in [6.07, 6.45) is -2.87. The number of nitrogens with zero attached hydrogens (tertiary/aromatic N) is 2. The molecule has 1 atom stereocenters. The fourth-order valence-electron chi connectivity index (χ4n) is 4.17. The number of carbonyl (C=O) groups excluding carboxylic acids is 2. The van der Waals surface area contributed by atoms with Crippen molar-refractivity contribution in [2.24, 2.45) is 5.92 Å². The molecule has 2 fully saturated rings. The van der Waals surface area contributed by atoms with E-state index < -0.39 is 11.7 Å². The van der Waals surface area contributed by atoms with Crippen LogP contribution in [0.5, 0.6) is 0 Å². The number of thioether (sulfide) groups is 1. The van der Waals surface area contributed by atoms with E-state index in [1.54, 1.807) is 34.1 Å². The predicted octanol–water partition coefficient (Wildman–Crippen LogP) is 5.49. The van der Waals surface area contributed by atoms with Crippen LogP contribution in [0.4, 0.5) is 13.2 Å². The maximum atomic E-state index is 12.9. The summed E-state index contributed by atoms with van der Waals surface area (Å²) in [5.74, 6) is 0.444. The fourth-order valence-corrected chi connectivity index (χ4v) is 5.58. The molecule has 0 aromatic heterocycles. The standard InChI is InChI=1S/C23H22ClF3N2O2S/c24-19-4-2-1-3-18(19)21(31)28-11-9-15(10-12-28)13-29-20(30)14-32-22(29)16-5-7-17(8-6-16)23(25,26)27/h1-8,15,22H,9-14H2. The molecular weight excluding hydrogens is 461 g/mol. The third-order valence-electron chi connectivity index (χ3n) is 5.95. The van der Waals surface area contributed by atoms with Gasteiger partial charge in [-0.3, -0.25) is 9.59 Å². The number of amides is 2. The van der Waals surface area contributed by atoms with Gasteiger partial charge in [-0.1, -0.05) is 35.9 Å². The number of hydrogen-bond donors (Lipinski definition) is 0. The van der Waals surface area contributed by atoms with Gasteiger partial charge in [0.2, 0.25) is 5.91 Å². The number of carbonyl (C=O) groups is 2. The molecule has 0 bridgehead atoms. The molecule has 0 aliphatic carbocycles. The van der Waals surface area contributed by atoms with Crippen LogP contribution in [0.2, 0.25) is 5.02 Å². The summed E-state index contributed by atoms with van der Waals surface area (Å²) in [6.45, 7) is 1.69. The quantitative estimate of drug-likeness (QED) is 0.579. The van der Waals surface area contributed by atoms with E-state index in [0.29, 0.717) is 41.5 Å². The molecule has 2 aromatic carbocycles. The van der Waals surface area contributed by atoms with Gasteiger partial charge in [-0.25, -0.2) is 0 Å². The first-order valence-corrected chi connectivity index (χ1v) is 11.8. The van der Waals surface area contributed by atoms with Gasteiger partial charge < -0.3 is 9.80 Å². The van der Waals surface area contributed by atoms with Crippen molar-refractivity contribution in [2.45, 2.75) is 24.4 Å². The molecule has 2 aliphatic rings. The maximum Gasteiger partial charge on any atom is 0.416 e. The zero-order chi connectivity index (χ0) is 22.9. The first kappa shape index (κ1) is 23.0. The number of benzene rings is 2. The Morgan fingerprint density at radius 2 is 1.72 bits per heavy atom. The molecule has 0 N–H and O–H groups in total. The Morgan fingerprint density at radius 1 is 1.06 bits per heavy atom. The molecule has 4 rings (SSSR count). The maximum absolute atomic E-state index is 12.9. The van der Waals surface area contributed by atoms with Crippen LogP contribution >= 0.6 is 23.4 Å². The Hall–Kier alpha value is -2.19. The number of halogens is 4. The van der Waals surface area contributed by atoms with Gasteiger partial charge in [-0.2, -0.15) is 13.2 Å². The summed E-state index contributed by atoms with van der Waals surface area (Å²) in [5, 5.41) is 0.145. The van der Waals surface area contributed by atoms with Crippen molar-refractivity contribution in [1.82, 2.24) is 9.80 Å². The lowest BCUT2D eigenvalue weighted by Gasteiger charge is -2.35. The molecule has 32 heavy (non-hydrogen) atoms. The van der Waals surface area contributed by atoms with Crippen LogP contribution in [0.15, 0.2) is 48.5 Å². The molecule has 0 spiro atoms. The molecule has 4 nitrogen and oxygen atoms in total. The average molecular weight is 483 g/mol. The molecule has 2 aromatic rings. The van der Waals surface area contributed by atoms with Gasteiger partial charge in [0.15, 0.2) is 0 Å². The zero-order valence-electron chi connectivity index (χ0n) is 17.1. The summed E-state index contributed by atoms with van der Waals surface area (Å²) in [6, 6.07) is 12.0. The van der Waals surface area contributed by atoms with E-state index in [2.05, 4.69) is 0 Å². The van der Waals surface area contributed by atoms with Crippen molar-refractivity contribution >= 4 is 35.2 Å². The third kappa shape index (κ3) is 4.91. The van der Waals surface area contributed by atoms with Crippen LogP contribution in [0.1, 0.15) is 39.7 Å². The van der Waals surface area contributed by atoms with Gasteiger partial charge in [0.25, 0.3) is 5.91 Å². The van der Waals surface area contributed by atoms with Crippen LogP contribution in [0.3, 0.4) is 0 Å². The van der Waals surface area contributed by atoms with Gasteiger partial charge in [-0.05, 0) is 48.6 Å². The SMILES string of the molecule is O=C(c1ccccc1Cl)N1CCC(CN2C(=O)CSC2c2ccc(C(F)(F)F)cc2)CC1. The Kier molecular flexibility index (Phi) is 6.72. The van der Waals surface area contributed by atoms with E-state index in [-0.39, 0.29) is 23.1 Å². The van der Waals surface area contributed by atoms with Gasteiger partial charge >= 0.3 is 6.18 Å². The van der Waals surface area contributed by atoms with Crippen LogP contribution in [-0.4, -0.2) is 47.0 Å². The normalized spacial score (nSPS) is 20.1. The summed E-state index contributed by atoms with van der Waals surface area (Å²) in [4.78, 5) is 28.8. The van der Waals surface area contributed by atoms with Crippen LogP contribution < -0.4 is 0 Å². The predicted molar refractivity (Wildman–Crippen MR) is 118 cm³/mol. The van der Waals surface area contributed by atoms with Crippen molar-refractivity contribution < 1.29 is 22.8 Å². The second kappa shape index (κ2) is 9.35. The highest BCUT2D eigenvalue weighted by atomic mass is 35.5. The largest absolute Gasteiger partial charge is 0.416 e. The first-order chi connectivity index (χ1) is 15.2. The average Bonchev–Trinajstić information content (AvgIpc) is 3.14. The van der Waals surface area contributed by atoms with Gasteiger partial charge in [0, 0.05) is 19.6 Å². The molecule has 2 heterocycles. The summed E-state index contributed by atoms with van der Waals surface area (Å²) < 4.78 is 38.6. The van der Waals surface area contributed by atoms with Crippen LogP contribution in [-0.2, 0) is 11.0 Å². The number of piperidine rings is 1. The minimum atomic E-state index is -4.38. The highest BCUT2D eigenvalue weighted by molar-refractivity contribution is 8.00. The lowest BCUT2D eigenvalue weighted by molar-refractivity contribution is -0.137. The minimum Gasteiger partial charge on any atom is -0.339 e. The summed E-state index contributed by atoms with van der Waals surface area (Å²) in [7, 11) is 0. The fraction of sp³-hybridized carbons (Fsp3) is 0.391. The van der Waals surface area contributed by atoms with Crippen molar-refractivity contribution in [3.8, 4) is 0 Å². The Labute approximate surface area is 193 Å². The van der Waals surface area contributed by atoms with Crippen molar-refractivity contribution in [1.29, 1.82) is 0 Å². The van der Waals surface area contributed by atoms with Crippen molar-refractivity contribution in [2.75, 3.05) is 25.4 Å². The van der Waals surface area contributed by atoms with Gasteiger partial charge in [-0.15, -0.1) is 11.8 Å². The third-order valence-corrected chi connectivity index (χ3v) is 7.54. The van der Waals surface area contributed by atoms with E-state index in [1.165, 1.54) is 23.9 Å². The monoisotopic (exact) mass is 482 g/mol. The second-order valence-corrected chi connectivity index (χ2v) is 9.52. The number of hydrogen-bond acceptors (Lipinski definition) is 3. The van der Waals surface area contributed by atoms with Crippen molar-refractivity contribution in [3.63, 3.8) is 0 Å². The van der Waals surface area contributed by atoms with E-state index >= 15 is 0 Å². The highest BCUT2D eigenvalue weighted by Crippen LogP contribution is 2.41. The number of alkyl halides is 3. The molecule has 2 aliphatic heterocycles.